The predicted octanol–water partition coefficient (Wildman–Crippen LogP) is 4.95. The third-order valence-electron chi connectivity index (χ3n) is 4.95. The first-order valence-corrected chi connectivity index (χ1v) is 9.03. The van der Waals surface area contributed by atoms with Crippen molar-refractivity contribution in [2.45, 2.75) is 6.18 Å². The van der Waals surface area contributed by atoms with Crippen LogP contribution in [0.25, 0.3) is 38.8 Å². The molecule has 0 spiro atoms. The Hall–Kier alpha value is -3.94. The van der Waals surface area contributed by atoms with E-state index in [0.29, 0.717) is 21.9 Å². The van der Waals surface area contributed by atoms with Crippen LogP contribution >= 0.6 is 0 Å². The second-order valence-electron chi connectivity index (χ2n) is 6.80. The molecule has 1 N–H and O–H groups in total. The lowest BCUT2D eigenvalue weighted by Gasteiger charge is -2.11. The van der Waals surface area contributed by atoms with E-state index >= 15 is 0 Å². The number of nitrogens with zero attached hydrogens (tertiary/aromatic N) is 3. The van der Waals surface area contributed by atoms with Crippen LogP contribution in [0.15, 0.2) is 78.0 Å². The molecule has 0 atom stereocenters. The van der Waals surface area contributed by atoms with Crippen LogP contribution in [0, 0.1) is 0 Å². The van der Waals surface area contributed by atoms with Crippen LogP contribution in [0.5, 0.6) is 0 Å². The summed E-state index contributed by atoms with van der Waals surface area (Å²) in [4.78, 5) is 23.8. The standard InChI is InChI=1S/C22H13F3N4O/c23-22(24,25)15-2-1-3-16(11-15)29-20-17-10-14(13-6-8-26-9-7-13)4-5-18(17)27-12-19(20)28-21(29)30/h1-12H,(H,28,30). The van der Waals surface area contributed by atoms with Crippen LogP contribution in [-0.4, -0.2) is 19.5 Å². The molecule has 3 heterocycles. The number of fused-ring (bicyclic) bond motifs is 3. The molecule has 0 fully saturated rings. The third kappa shape index (κ3) is 2.93. The number of H-pyrrole nitrogens is 1. The Morgan fingerprint density at radius 3 is 2.50 bits per heavy atom. The Labute approximate surface area is 167 Å². The van der Waals surface area contributed by atoms with E-state index in [0.717, 1.165) is 23.3 Å². The van der Waals surface area contributed by atoms with E-state index in [1.165, 1.54) is 22.9 Å². The van der Waals surface area contributed by atoms with E-state index < -0.39 is 17.4 Å². The van der Waals surface area contributed by atoms with Gasteiger partial charge in [-0.3, -0.25) is 14.5 Å². The van der Waals surface area contributed by atoms with E-state index in [1.54, 1.807) is 12.4 Å². The van der Waals surface area contributed by atoms with Gasteiger partial charge in [-0.2, -0.15) is 13.2 Å². The van der Waals surface area contributed by atoms with E-state index in [4.69, 9.17) is 0 Å². The molecule has 8 heteroatoms. The highest BCUT2D eigenvalue weighted by molar-refractivity contribution is 6.04. The molecule has 0 saturated carbocycles. The minimum atomic E-state index is -4.51. The van der Waals surface area contributed by atoms with Crippen molar-refractivity contribution in [1.82, 2.24) is 19.5 Å². The van der Waals surface area contributed by atoms with Crippen molar-refractivity contribution < 1.29 is 13.2 Å². The summed E-state index contributed by atoms with van der Waals surface area (Å²) in [5, 5.41) is 0.651. The van der Waals surface area contributed by atoms with Gasteiger partial charge >= 0.3 is 11.9 Å². The van der Waals surface area contributed by atoms with Crippen molar-refractivity contribution in [2.24, 2.45) is 0 Å². The van der Waals surface area contributed by atoms with Gasteiger partial charge in [0.1, 0.15) is 0 Å². The molecule has 0 aliphatic carbocycles. The summed E-state index contributed by atoms with van der Waals surface area (Å²) in [5.41, 5.74) is 2.11. The maximum atomic E-state index is 13.2. The number of imidazole rings is 1. The monoisotopic (exact) mass is 406 g/mol. The average molecular weight is 406 g/mol. The number of hydrogen-bond donors (Lipinski definition) is 1. The quantitative estimate of drug-likeness (QED) is 0.451. The minimum absolute atomic E-state index is 0.128. The topological polar surface area (TPSA) is 63.6 Å². The highest BCUT2D eigenvalue weighted by Gasteiger charge is 2.30. The lowest BCUT2D eigenvalue weighted by Crippen LogP contribution is -2.15. The van der Waals surface area contributed by atoms with Crippen molar-refractivity contribution in [3.8, 4) is 16.8 Å². The smallest absolute Gasteiger partial charge is 0.304 e. The van der Waals surface area contributed by atoms with Gasteiger partial charge in [-0.15, -0.1) is 0 Å². The molecule has 5 nitrogen and oxygen atoms in total. The molecule has 0 saturated heterocycles. The molecule has 5 rings (SSSR count). The van der Waals surface area contributed by atoms with E-state index in [9.17, 15) is 18.0 Å². The van der Waals surface area contributed by atoms with Gasteiger partial charge in [-0.1, -0.05) is 12.1 Å². The zero-order chi connectivity index (χ0) is 20.9. The first kappa shape index (κ1) is 18.1. The van der Waals surface area contributed by atoms with Gasteiger partial charge in [0.2, 0.25) is 0 Å². The lowest BCUT2D eigenvalue weighted by molar-refractivity contribution is -0.137. The summed E-state index contributed by atoms with van der Waals surface area (Å²) < 4.78 is 40.9. The number of benzene rings is 2. The number of halogens is 3. The van der Waals surface area contributed by atoms with Crippen molar-refractivity contribution in [3.63, 3.8) is 0 Å². The Morgan fingerprint density at radius 2 is 1.73 bits per heavy atom. The fourth-order valence-electron chi connectivity index (χ4n) is 3.58. The number of aromatic nitrogens is 4. The second kappa shape index (κ2) is 6.55. The lowest BCUT2D eigenvalue weighted by atomic mass is 10.0. The minimum Gasteiger partial charge on any atom is -0.304 e. The van der Waals surface area contributed by atoms with Crippen LogP contribution in [0.1, 0.15) is 5.56 Å². The fraction of sp³-hybridized carbons (Fsp3) is 0.0455. The number of alkyl halides is 3. The average Bonchev–Trinajstić information content (AvgIpc) is 3.10. The first-order chi connectivity index (χ1) is 14.4. The number of nitrogens with one attached hydrogen (secondary N) is 1. The Kier molecular flexibility index (Phi) is 3.95. The van der Waals surface area contributed by atoms with Crippen LogP contribution < -0.4 is 5.69 Å². The SMILES string of the molecule is O=c1[nH]c2cnc3ccc(-c4ccncc4)cc3c2n1-c1cccc(C(F)(F)F)c1. The van der Waals surface area contributed by atoms with Gasteiger partial charge in [0.25, 0.3) is 0 Å². The van der Waals surface area contributed by atoms with Gasteiger partial charge in [0.15, 0.2) is 0 Å². The molecule has 30 heavy (non-hydrogen) atoms. The predicted molar refractivity (Wildman–Crippen MR) is 107 cm³/mol. The largest absolute Gasteiger partial charge is 0.416 e. The van der Waals surface area contributed by atoms with Crippen molar-refractivity contribution in [3.05, 3.63) is 89.2 Å². The molecule has 3 aromatic heterocycles. The van der Waals surface area contributed by atoms with Gasteiger partial charge in [-0.05, 0) is 53.6 Å². The molecule has 0 aliphatic rings. The fourth-order valence-corrected chi connectivity index (χ4v) is 3.58. The summed E-state index contributed by atoms with van der Waals surface area (Å²) in [6, 6.07) is 14.0. The molecule has 0 aliphatic heterocycles. The van der Waals surface area contributed by atoms with Gasteiger partial charge < -0.3 is 4.98 Å². The normalized spacial score (nSPS) is 12.0. The van der Waals surface area contributed by atoms with Crippen LogP contribution in [0.2, 0.25) is 0 Å². The maximum Gasteiger partial charge on any atom is 0.416 e. The number of pyridine rings is 2. The van der Waals surface area contributed by atoms with Crippen LogP contribution in [-0.2, 0) is 6.18 Å². The zero-order valence-electron chi connectivity index (χ0n) is 15.3. The molecule has 5 aromatic rings. The Bertz CT molecular complexity index is 1450. The molecule has 148 valence electrons. The molecule has 0 radical (unpaired) electrons. The van der Waals surface area contributed by atoms with E-state index in [2.05, 4.69) is 15.0 Å². The zero-order valence-corrected chi connectivity index (χ0v) is 15.3. The summed E-state index contributed by atoms with van der Waals surface area (Å²) >= 11 is 0. The highest BCUT2D eigenvalue weighted by atomic mass is 19.4. The molecule has 0 unspecified atom stereocenters. The molecular formula is C22H13F3N4O. The van der Waals surface area contributed by atoms with E-state index in [1.807, 2.05) is 30.3 Å². The van der Waals surface area contributed by atoms with Crippen LogP contribution in [0.4, 0.5) is 13.2 Å². The summed E-state index contributed by atoms with van der Waals surface area (Å²) in [7, 11) is 0. The highest BCUT2D eigenvalue weighted by Crippen LogP contribution is 2.32. The van der Waals surface area contributed by atoms with E-state index in [-0.39, 0.29) is 5.69 Å². The van der Waals surface area contributed by atoms with Gasteiger partial charge in [-0.25, -0.2) is 4.79 Å². The molecular weight excluding hydrogens is 393 g/mol. The molecule has 0 amide bonds. The molecule has 0 bridgehead atoms. The third-order valence-corrected chi connectivity index (χ3v) is 4.95. The van der Waals surface area contributed by atoms with Crippen molar-refractivity contribution in [2.75, 3.05) is 0 Å². The molecule has 2 aromatic carbocycles. The number of hydrogen-bond acceptors (Lipinski definition) is 3. The summed E-state index contributed by atoms with van der Waals surface area (Å²) in [6.07, 6.45) is 0.347. The summed E-state index contributed by atoms with van der Waals surface area (Å²) in [5.74, 6) is 0. The first-order valence-electron chi connectivity index (χ1n) is 9.03. The van der Waals surface area contributed by atoms with Crippen molar-refractivity contribution >= 4 is 21.9 Å². The van der Waals surface area contributed by atoms with Gasteiger partial charge in [0.05, 0.1) is 34.0 Å². The number of aromatic amines is 1. The second-order valence-corrected chi connectivity index (χ2v) is 6.80. The number of rotatable bonds is 2. The van der Waals surface area contributed by atoms with Crippen LogP contribution in [0.3, 0.4) is 0 Å². The Balaban J connectivity index is 1.82. The van der Waals surface area contributed by atoms with Gasteiger partial charge in [0, 0.05) is 17.8 Å². The summed E-state index contributed by atoms with van der Waals surface area (Å²) in [6.45, 7) is 0. The van der Waals surface area contributed by atoms with Crippen molar-refractivity contribution in [1.29, 1.82) is 0 Å². The maximum absolute atomic E-state index is 13.2. The Morgan fingerprint density at radius 1 is 0.933 bits per heavy atom.